The highest BCUT2D eigenvalue weighted by molar-refractivity contribution is 9.10. The minimum atomic E-state index is 0.120. The highest BCUT2D eigenvalue weighted by Gasteiger charge is 2.50. The molecule has 0 amide bonds. The van der Waals surface area contributed by atoms with E-state index in [0.717, 1.165) is 18.6 Å². The summed E-state index contributed by atoms with van der Waals surface area (Å²) in [6.07, 6.45) is 2.27. The lowest BCUT2D eigenvalue weighted by molar-refractivity contribution is -0.0560. The van der Waals surface area contributed by atoms with E-state index in [9.17, 15) is 0 Å². The van der Waals surface area contributed by atoms with Gasteiger partial charge in [-0.1, -0.05) is 29.8 Å². The van der Waals surface area contributed by atoms with Crippen molar-refractivity contribution in [2.75, 3.05) is 0 Å². The van der Waals surface area contributed by atoms with Crippen LogP contribution in [0.3, 0.4) is 0 Å². The molecule has 2 nitrogen and oxygen atoms in total. The van der Waals surface area contributed by atoms with Crippen molar-refractivity contribution < 1.29 is 4.74 Å². The monoisotopic (exact) mass is 311 g/mol. The van der Waals surface area contributed by atoms with Gasteiger partial charge in [-0.2, -0.15) is 0 Å². The van der Waals surface area contributed by atoms with Crippen molar-refractivity contribution >= 4 is 15.9 Å². The lowest BCUT2D eigenvalue weighted by atomic mass is 9.62. The molecule has 1 fully saturated rings. The van der Waals surface area contributed by atoms with Gasteiger partial charge in [-0.25, -0.2) is 0 Å². The minimum Gasteiger partial charge on any atom is -0.490 e. The van der Waals surface area contributed by atoms with Crippen LogP contribution in [-0.4, -0.2) is 12.1 Å². The molecule has 0 heterocycles. The summed E-state index contributed by atoms with van der Waals surface area (Å²) in [5.41, 5.74) is 8.66. The Morgan fingerprint density at radius 2 is 1.94 bits per heavy atom. The first kappa shape index (κ1) is 13.9. The van der Waals surface area contributed by atoms with Crippen LogP contribution in [0.15, 0.2) is 16.6 Å². The number of halogens is 1. The average molecular weight is 312 g/mol. The molecule has 1 aliphatic carbocycles. The summed E-state index contributed by atoms with van der Waals surface area (Å²) in [5, 5.41) is 0. The molecule has 1 aromatic rings. The SMILES string of the molecule is CCC1(C)C(N)CC1Oc1cc(C)c(Br)c(C)c1. The number of hydrogen-bond donors (Lipinski definition) is 1. The number of aryl methyl sites for hydroxylation is 2. The highest BCUT2D eigenvalue weighted by Crippen LogP contribution is 2.45. The normalized spacial score (nSPS) is 31.0. The highest BCUT2D eigenvalue weighted by atomic mass is 79.9. The van der Waals surface area contributed by atoms with Gasteiger partial charge in [0, 0.05) is 22.4 Å². The molecule has 18 heavy (non-hydrogen) atoms. The van der Waals surface area contributed by atoms with E-state index in [0.29, 0.717) is 0 Å². The van der Waals surface area contributed by atoms with E-state index in [1.807, 2.05) is 0 Å². The first-order valence-electron chi connectivity index (χ1n) is 6.57. The quantitative estimate of drug-likeness (QED) is 0.917. The molecule has 2 N–H and O–H groups in total. The second kappa shape index (κ2) is 4.86. The molecule has 0 bridgehead atoms. The van der Waals surface area contributed by atoms with Crippen LogP contribution in [0.25, 0.3) is 0 Å². The van der Waals surface area contributed by atoms with Crippen molar-refractivity contribution in [1.82, 2.24) is 0 Å². The Morgan fingerprint density at radius 3 is 2.39 bits per heavy atom. The fraction of sp³-hybridized carbons (Fsp3) is 0.600. The maximum Gasteiger partial charge on any atom is 0.120 e. The van der Waals surface area contributed by atoms with E-state index >= 15 is 0 Å². The van der Waals surface area contributed by atoms with E-state index in [4.69, 9.17) is 10.5 Å². The van der Waals surface area contributed by atoms with Gasteiger partial charge in [-0.05, 0) is 43.5 Å². The molecule has 0 saturated heterocycles. The van der Waals surface area contributed by atoms with Gasteiger partial charge in [0.15, 0.2) is 0 Å². The molecule has 2 rings (SSSR count). The minimum absolute atomic E-state index is 0.120. The third-order valence-electron chi connectivity index (χ3n) is 4.50. The van der Waals surface area contributed by atoms with Gasteiger partial charge in [-0.3, -0.25) is 0 Å². The second-order valence-electron chi connectivity index (χ2n) is 5.68. The molecule has 1 aromatic carbocycles. The van der Waals surface area contributed by atoms with Crippen LogP contribution in [-0.2, 0) is 0 Å². The Labute approximate surface area is 118 Å². The molecular weight excluding hydrogens is 290 g/mol. The first-order valence-corrected chi connectivity index (χ1v) is 7.36. The molecular formula is C15H22BrNO. The van der Waals surface area contributed by atoms with Crippen LogP contribution in [0.2, 0.25) is 0 Å². The molecule has 1 aliphatic rings. The molecule has 1 saturated carbocycles. The Kier molecular flexibility index (Phi) is 3.75. The topological polar surface area (TPSA) is 35.2 Å². The predicted molar refractivity (Wildman–Crippen MR) is 79.0 cm³/mol. The Bertz CT molecular complexity index is 437. The van der Waals surface area contributed by atoms with E-state index < -0.39 is 0 Å². The molecule has 0 aliphatic heterocycles. The zero-order valence-electron chi connectivity index (χ0n) is 11.6. The summed E-state index contributed by atoms with van der Waals surface area (Å²) in [4.78, 5) is 0. The summed E-state index contributed by atoms with van der Waals surface area (Å²) >= 11 is 3.58. The maximum atomic E-state index is 6.14. The molecule has 3 atom stereocenters. The maximum absolute atomic E-state index is 6.14. The van der Waals surface area contributed by atoms with Gasteiger partial charge in [0.05, 0.1) is 0 Å². The summed E-state index contributed by atoms with van der Waals surface area (Å²) in [5.74, 6) is 0.963. The lowest BCUT2D eigenvalue weighted by Gasteiger charge is -2.51. The number of benzene rings is 1. The summed E-state index contributed by atoms with van der Waals surface area (Å²) in [7, 11) is 0. The smallest absolute Gasteiger partial charge is 0.120 e. The van der Waals surface area contributed by atoms with E-state index in [1.165, 1.54) is 15.6 Å². The van der Waals surface area contributed by atoms with Gasteiger partial charge in [-0.15, -0.1) is 0 Å². The molecule has 3 heteroatoms. The number of rotatable bonds is 3. The number of ether oxygens (including phenoxy) is 1. The number of nitrogens with two attached hydrogens (primary N) is 1. The average Bonchev–Trinajstić information content (AvgIpc) is 2.34. The fourth-order valence-electron chi connectivity index (χ4n) is 2.66. The molecule has 0 aromatic heterocycles. The largest absolute Gasteiger partial charge is 0.490 e. The van der Waals surface area contributed by atoms with Gasteiger partial charge in [0.1, 0.15) is 11.9 Å². The van der Waals surface area contributed by atoms with Crippen LogP contribution in [0.5, 0.6) is 5.75 Å². The van der Waals surface area contributed by atoms with Crippen molar-refractivity contribution in [3.05, 3.63) is 27.7 Å². The van der Waals surface area contributed by atoms with Crippen LogP contribution < -0.4 is 10.5 Å². The zero-order valence-corrected chi connectivity index (χ0v) is 13.2. The molecule has 3 unspecified atom stereocenters. The van der Waals surface area contributed by atoms with Gasteiger partial charge < -0.3 is 10.5 Å². The molecule has 0 radical (unpaired) electrons. The van der Waals surface area contributed by atoms with Crippen molar-refractivity contribution in [2.24, 2.45) is 11.1 Å². The van der Waals surface area contributed by atoms with Crippen molar-refractivity contribution in [3.8, 4) is 5.75 Å². The Hall–Kier alpha value is -0.540. The first-order chi connectivity index (χ1) is 8.38. The lowest BCUT2D eigenvalue weighted by Crippen LogP contribution is -2.61. The zero-order chi connectivity index (χ0) is 13.5. The van der Waals surface area contributed by atoms with Crippen LogP contribution in [0.1, 0.15) is 37.8 Å². The van der Waals surface area contributed by atoms with Gasteiger partial charge in [0.25, 0.3) is 0 Å². The van der Waals surface area contributed by atoms with E-state index in [2.05, 4.69) is 55.8 Å². The third kappa shape index (κ3) is 2.19. The number of hydrogen-bond acceptors (Lipinski definition) is 2. The Morgan fingerprint density at radius 1 is 1.39 bits per heavy atom. The fourth-order valence-corrected chi connectivity index (χ4v) is 2.89. The summed E-state index contributed by atoms with van der Waals surface area (Å²) in [6.45, 7) is 8.60. The molecule has 100 valence electrons. The predicted octanol–water partition coefficient (Wildman–Crippen LogP) is 3.96. The van der Waals surface area contributed by atoms with Crippen LogP contribution in [0, 0.1) is 19.3 Å². The molecule has 0 spiro atoms. The van der Waals surface area contributed by atoms with Gasteiger partial charge >= 0.3 is 0 Å². The van der Waals surface area contributed by atoms with Crippen LogP contribution in [0.4, 0.5) is 0 Å². The van der Waals surface area contributed by atoms with Crippen molar-refractivity contribution in [1.29, 1.82) is 0 Å². The second-order valence-corrected chi connectivity index (χ2v) is 6.47. The van der Waals surface area contributed by atoms with Crippen LogP contribution >= 0.6 is 15.9 Å². The third-order valence-corrected chi connectivity index (χ3v) is 5.75. The van der Waals surface area contributed by atoms with E-state index in [1.54, 1.807) is 0 Å². The van der Waals surface area contributed by atoms with Crippen molar-refractivity contribution in [2.45, 2.75) is 52.7 Å². The standard InChI is InChI=1S/C15H22BrNO/c1-5-15(4)12(17)8-13(15)18-11-6-9(2)14(16)10(3)7-11/h6-7,12-13H,5,8,17H2,1-4H3. The van der Waals surface area contributed by atoms with E-state index in [-0.39, 0.29) is 17.6 Å². The van der Waals surface area contributed by atoms with Crippen molar-refractivity contribution in [3.63, 3.8) is 0 Å². The Balaban J connectivity index is 2.16. The van der Waals surface area contributed by atoms with Gasteiger partial charge in [0.2, 0.25) is 0 Å². The summed E-state index contributed by atoms with van der Waals surface area (Å²) in [6, 6.07) is 4.46. The summed E-state index contributed by atoms with van der Waals surface area (Å²) < 4.78 is 7.31.